The first-order valence-electron chi connectivity index (χ1n) is 40.3. The molecule has 0 fully saturated rings. The van der Waals surface area contributed by atoms with Gasteiger partial charge in [-0.05, 0) is 223 Å². The van der Waals surface area contributed by atoms with Crippen LogP contribution in [0.5, 0.6) is 0 Å². The van der Waals surface area contributed by atoms with E-state index >= 15 is 0 Å². The zero-order chi connectivity index (χ0) is 76.7. The van der Waals surface area contributed by atoms with E-state index in [0.29, 0.717) is 11.9 Å². The second-order valence-corrected chi connectivity index (χ2v) is 31.7. The van der Waals surface area contributed by atoms with Crippen molar-refractivity contribution < 1.29 is 8.83 Å². The van der Waals surface area contributed by atoms with E-state index < -0.39 is 0 Å². The molecule has 8 nitrogen and oxygen atoms in total. The third kappa shape index (κ3) is 8.97. The lowest BCUT2D eigenvalue weighted by Gasteiger charge is -2.13. The van der Waals surface area contributed by atoms with E-state index in [1.165, 1.54) is 82.6 Å². The van der Waals surface area contributed by atoms with Gasteiger partial charge in [0.1, 0.15) is 22.3 Å². The highest BCUT2D eigenvalue weighted by Crippen LogP contribution is 2.56. The summed E-state index contributed by atoms with van der Waals surface area (Å²) in [6.07, 6.45) is 0. The van der Waals surface area contributed by atoms with Crippen LogP contribution in [0.2, 0.25) is 0 Å². The van der Waals surface area contributed by atoms with Crippen molar-refractivity contribution in [2.45, 2.75) is 0 Å². The summed E-state index contributed by atoms with van der Waals surface area (Å²) < 4.78 is 18.4. The molecule has 0 saturated heterocycles. The van der Waals surface area contributed by atoms with Gasteiger partial charge in [-0.15, -0.1) is 0 Å². The van der Waals surface area contributed by atoms with Crippen LogP contribution in [0.25, 0.3) is 276 Å². The second-order valence-electron chi connectivity index (χ2n) is 31.7. The minimum absolute atomic E-state index is 0.613. The van der Waals surface area contributed by atoms with E-state index in [9.17, 15) is 0 Å². The van der Waals surface area contributed by atoms with Gasteiger partial charge in [0.15, 0.2) is 0 Å². The van der Waals surface area contributed by atoms with Gasteiger partial charge >= 0.3 is 0 Å². The van der Waals surface area contributed by atoms with E-state index in [0.717, 1.165) is 181 Å². The smallest absolute Gasteiger partial charge is 0.235 e. The first-order chi connectivity index (χ1) is 58.5. The number of furan rings is 2. The Morgan fingerprint density at radius 3 is 1.22 bits per heavy atom. The Labute approximate surface area is 673 Å². The Balaban J connectivity index is 0.612. The molecule has 0 spiro atoms. The lowest BCUT2D eigenvalue weighted by molar-refractivity contribution is 0.669. The molecule has 0 unspecified atom stereocenters. The van der Waals surface area contributed by atoms with Crippen LogP contribution >= 0.6 is 0 Å². The maximum atomic E-state index is 7.03. The molecule has 0 aliphatic heterocycles. The number of hydrogen-bond acceptors (Lipinski definition) is 6. The minimum atomic E-state index is 0.613. The number of benzene rings is 19. The lowest BCUT2D eigenvalue weighted by atomic mass is 9.90. The van der Waals surface area contributed by atoms with Gasteiger partial charge in [-0.1, -0.05) is 273 Å². The van der Waals surface area contributed by atoms with Gasteiger partial charge in [0.2, 0.25) is 11.9 Å². The fourth-order valence-corrected chi connectivity index (χ4v) is 20.4. The molecule has 0 radical (unpaired) electrons. The van der Waals surface area contributed by atoms with E-state index in [1.54, 1.807) is 0 Å². The minimum Gasteiger partial charge on any atom is -0.456 e. The maximum absolute atomic E-state index is 7.03. The van der Waals surface area contributed by atoms with E-state index in [-0.39, 0.29) is 0 Å². The normalized spacial score (nSPS) is 12.4. The zero-order valence-corrected chi connectivity index (χ0v) is 63.1. The largest absolute Gasteiger partial charge is 0.456 e. The molecule has 0 N–H and O–H groups in total. The molecular formula is C110H60N6O2. The Morgan fingerprint density at radius 2 is 0.602 bits per heavy atom. The Bertz CT molecular complexity index is 8810. The highest BCUT2D eigenvalue weighted by Gasteiger charge is 2.31. The average Bonchev–Trinajstić information content (AvgIpc) is 1.54. The average molecular weight is 1500 g/mol. The van der Waals surface area contributed by atoms with Gasteiger partial charge in [-0.3, -0.25) is 9.13 Å². The van der Waals surface area contributed by atoms with Crippen molar-refractivity contribution in [2.75, 3.05) is 0 Å². The number of rotatable bonds is 8. The zero-order valence-electron chi connectivity index (χ0n) is 63.1. The summed E-state index contributed by atoms with van der Waals surface area (Å²) in [4.78, 5) is 21.9. The van der Waals surface area contributed by atoms with Crippen LogP contribution in [0.3, 0.4) is 0 Å². The van der Waals surface area contributed by atoms with Gasteiger partial charge in [0.05, 0.1) is 44.5 Å². The number of para-hydroxylation sites is 2. The second kappa shape index (κ2) is 23.8. The monoisotopic (exact) mass is 1500 g/mol. The maximum Gasteiger partial charge on any atom is 0.235 e. The molecule has 27 rings (SSSR count). The van der Waals surface area contributed by atoms with Gasteiger partial charge in [-0.25, -0.2) is 19.9 Å². The molecule has 2 aliphatic carbocycles. The first-order valence-corrected chi connectivity index (χ1v) is 40.3. The molecule has 0 bridgehead atoms. The van der Waals surface area contributed by atoms with Crippen molar-refractivity contribution in [3.8, 4) is 123 Å². The molecule has 6 heterocycles. The van der Waals surface area contributed by atoms with Crippen LogP contribution in [-0.2, 0) is 0 Å². The van der Waals surface area contributed by atoms with Crippen molar-refractivity contribution in [3.05, 3.63) is 364 Å². The molecule has 8 heteroatoms. The fraction of sp³-hybridized carbons (Fsp3) is 0. The van der Waals surface area contributed by atoms with Crippen molar-refractivity contribution in [3.63, 3.8) is 0 Å². The third-order valence-corrected chi connectivity index (χ3v) is 25.6. The predicted molar refractivity (Wildman–Crippen MR) is 487 cm³/mol. The summed E-state index contributed by atoms with van der Waals surface area (Å²) >= 11 is 0. The van der Waals surface area contributed by atoms with Crippen LogP contribution in [0.1, 0.15) is 0 Å². The van der Waals surface area contributed by atoms with Crippen molar-refractivity contribution >= 4 is 152 Å². The van der Waals surface area contributed by atoms with Gasteiger partial charge in [-0.2, -0.15) is 0 Å². The van der Waals surface area contributed by atoms with Crippen molar-refractivity contribution in [1.29, 1.82) is 0 Å². The van der Waals surface area contributed by atoms with E-state index in [1.807, 2.05) is 0 Å². The molecule has 19 aromatic carbocycles. The summed E-state index contributed by atoms with van der Waals surface area (Å²) in [7, 11) is 0. The molecule has 0 saturated carbocycles. The van der Waals surface area contributed by atoms with E-state index in [2.05, 4.69) is 373 Å². The summed E-state index contributed by atoms with van der Waals surface area (Å²) in [6.45, 7) is 0. The number of aromatic nitrogens is 6. The van der Waals surface area contributed by atoms with Gasteiger partial charge < -0.3 is 8.83 Å². The first kappa shape index (κ1) is 63.6. The molecule has 118 heavy (non-hydrogen) atoms. The Hall–Kier alpha value is -15.9. The van der Waals surface area contributed by atoms with E-state index in [4.69, 9.17) is 28.8 Å². The molecule has 0 atom stereocenters. The van der Waals surface area contributed by atoms with Crippen molar-refractivity contribution in [2.24, 2.45) is 0 Å². The number of hydrogen-bond donors (Lipinski definition) is 0. The molecule has 25 aromatic rings. The number of fused-ring (bicyclic) bond motifs is 26. The third-order valence-electron chi connectivity index (χ3n) is 25.6. The van der Waals surface area contributed by atoms with Gasteiger partial charge in [0.25, 0.3) is 0 Å². The Morgan fingerprint density at radius 1 is 0.186 bits per heavy atom. The summed E-state index contributed by atoms with van der Waals surface area (Å²) in [5.74, 6) is 1.23. The summed E-state index contributed by atoms with van der Waals surface area (Å²) in [5.41, 5.74) is 32.1. The molecular weight excluding hydrogens is 1440 g/mol. The van der Waals surface area contributed by atoms with Crippen LogP contribution < -0.4 is 0 Å². The van der Waals surface area contributed by atoms with Crippen molar-refractivity contribution in [1.82, 2.24) is 29.1 Å². The fourth-order valence-electron chi connectivity index (χ4n) is 20.4. The van der Waals surface area contributed by atoms with Crippen LogP contribution in [0.15, 0.2) is 373 Å². The van der Waals surface area contributed by atoms with Crippen LogP contribution in [0.4, 0.5) is 0 Å². The Kier molecular flexibility index (Phi) is 12.9. The summed E-state index contributed by atoms with van der Waals surface area (Å²) in [6, 6.07) is 132. The summed E-state index contributed by atoms with van der Waals surface area (Å²) in [5, 5.41) is 20.4. The van der Waals surface area contributed by atoms with Crippen LogP contribution in [0, 0.1) is 0 Å². The number of nitrogens with zero attached hydrogens (tertiary/aromatic N) is 6. The SMILES string of the molecule is c1ccc(-c2ccc(-c3nc(-n4c5ccc(-c6ccc7oc8cc9c%10c(c(-c%11ccc%12c(ccc%13c%12c%12cc(-c%14ccc%15oc%16cc%17c%18c(cccc%18c%16c%15c%14)-c%14ccccc%14-%17)ccc%12n%13-c%12nc(-c%13ccccc%13)c%13ccccc%13n%12)c%11)ccc%10c8c7c6)-c6ccccc6-9)cc5c5c6ccccc6ccc54)nc4ccccc34)cc2)cc1. The molecule has 6 aromatic heterocycles. The van der Waals surface area contributed by atoms with Gasteiger partial charge in [0, 0.05) is 65.0 Å². The van der Waals surface area contributed by atoms with Crippen LogP contribution in [-0.4, -0.2) is 29.1 Å². The quantitative estimate of drug-likeness (QED) is 0.151. The topological polar surface area (TPSA) is 87.7 Å². The molecule has 0 amide bonds. The predicted octanol–water partition coefficient (Wildman–Crippen LogP) is 29.5. The lowest BCUT2D eigenvalue weighted by Crippen LogP contribution is -2.03. The highest BCUT2D eigenvalue weighted by atomic mass is 16.3. The molecule has 2 aliphatic rings. The highest BCUT2D eigenvalue weighted by molar-refractivity contribution is 6.32. The standard InChI is InChI=1S/C110H60N6O2/c1-3-18-61(19-4-1)62-34-36-65(37-35-62)108-81-29-14-16-33-91(81)112-110(114-108)115-92-48-40-66(55-86(92)101-72-23-8-7-20-63(72)39-50-94(101)115)69-44-53-97-89(58-69)104-83-47-46-74(105-79-27-12-11-26-77(79)85(106(83)105)60-99(104)118-97)70-38-45-73-71(54-70)42-51-95-102(73)87-56-67(41-49-93(87)116(95)109-111-90-32-15-13-28-80(90)107(113-109)64-21-5-2-6-22-64)68-43-52-96-88(57-68)103-82-31-17-30-78-75-24-9-10-25-76(75)84(100(78)82)59-98(103)117-96/h1-60H. The molecule has 542 valence electrons.